The molecule has 2 N–H and O–H groups in total. The molecule has 3 aromatic carbocycles. The summed E-state index contributed by atoms with van der Waals surface area (Å²) in [5.74, 6) is 0.772. The van der Waals surface area contributed by atoms with Crippen LogP contribution in [0.1, 0.15) is 0 Å². The number of carbonyl (C=O) groups is 1. The predicted molar refractivity (Wildman–Crippen MR) is 132 cm³/mol. The molecule has 0 spiro atoms. The van der Waals surface area contributed by atoms with E-state index in [0.717, 1.165) is 21.6 Å². The average molecular weight is 457 g/mol. The molecule has 0 fully saturated rings. The highest BCUT2D eigenvalue weighted by molar-refractivity contribution is 5.90. The van der Waals surface area contributed by atoms with Gasteiger partial charge in [-0.15, -0.1) is 0 Å². The number of rotatable bonds is 8. The normalized spacial score (nSPS) is 10.4. The van der Waals surface area contributed by atoms with Crippen LogP contribution in [-0.2, 0) is 11.3 Å². The molecule has 1 amide bonds. The molecule has 0 aliphatic carbocycles. The maximum atomic E-state index is 12.6. The van der Waals surface area contributed by atoms with Crippen molar-refractivity contribution in [3.63, 3.8) is 0 Å². The lowest BCUT2D eigenvalue weighted by Crippen LogP contribution is -2.29. The molecule has 4 aromatic rings. The molecule has 172 valence electrons. The summed E-state index contributed by atoms with van der Waals surface area (Å²) in [6, 6.07) is 25.4. The van der Waals surface area contributed by atoms with Crippen LogP contribution in [0.15, 0.2) is 89.7 Å². The maximum absolute atomic E-state index is 12.6. The van der Waals surface area contributed by atoms with Crippen LogP contribution in [0.25, 0.3) is 11.3 Å². The number of amides is 1. The molecule has 8 heteroatoms. The number of para-hydroxylation sites is 1. The van der Waals surface area contributed by atoms with Crippen LogP contribution in [0, 0.1) is 0 Å². The van der Waals surface area contributed by atoms with Gasteiger partial charge in [-0.05, 0) is 60.7 Å². The molecule has 1 aromatic heterocycles. The smallest absolute Gasteiger partial charge is 0.267 e. The summed E-state index contributed by atoms with van der Waals surface area (Å²) in [4.78, 5) is 24.9. The average Bonchev–Trinajstić information content (AvgIpc) is 2.86. The number of nitrogens with zero attached hydrogens (tertiary/aromatic N) is 2. The van der Waals surface area contributed by atoms with Crippen LogP contribution in [0.5, 0.6) is 11.5 Å². The van der Waals surface area contributed by atoms with Crippen molar-refractivity contribution >= 4 is 23.0 Å². The van der Waals surface area contributed by atoms with Crippen molar-refractivity contribution in [1.29, 1.82) is 0 Å². The van der Waals surface area contributed by atoms with E-state index in [1.165, 1.54) is 6.07 Å². The van der Waals surface area contributed by atoms with E-state index in [9.17, 15) is 9.59 Å². The first-order valence-corrected chi connectivity index (χ1v) is 10.6. The Balaban J connectivity index is 1.44. The number of hydrogen-bond donors (Lipinski definition) is 2. The topological polar surface area (TPSA) is 94.5 Å². The summed E-state index contributed by atoms with van der Waals surface area (Å²) < 4.78 is 11.7. The molecule has 1 heterocycles. The first-order chi connectivity index (χ1) is 16.6. The van der Waals surface area contributed by atoms with Crippen molar-refractivity contribution in [1.82, 2.24) is 9.78 Å². The Bertz CT molecular complexity index is 1340. The molecule has 34 heavy (non-hydrogen) atoms. The van der Waals surface area contributed by atoms with Gasteiger partial charge in [0, 0.05) is 28.7 Å². The highest BCUT2D eigenvalue weighted by Gasteiger charge is 2.11. The highest BCUT2D eigenvalue weighted by Crippen LogP contribution is 2.31. The Hall–Kier alpha value is -4.59. The van der Waals surface area contributed by atoms with Gasteiger partial charge < -0.3 is 20.1 Å². The molecular formula is C26H24N4O4. The quantitative estimate of drug-likeness (QED) is 0.410. The summed E-state index contributed by atoms with van der Waals surface area (Å²) in [5, 5.41) is 10.4. The Labute approximate surface area is 196 Å². The Kier molecular flexibility index (Phi) is 6.88. The highest BCUT2D eigenvalue weighted by atomic mass is 16.5. The van der Waals surface area contributed by atoms with Crippen molar-refractivity contribution in [2.24, 2.45) is 0 Å². The standard InChI is InChI=1S/C26H24N4O4/c1-33-23-14-8-18(16-24(23)34-2)22-13-15-26(32)30(29-22)17-25(31)28-21-11-9-20(10-12-21)27-19-6-4-3-5-7-19/h3-16,27H,17H2,1-2H3,(H,28,31). The Morgan fingerprint density at radius 3 is 2.21 bits per heavy atom. The largest absolute Gasteiger partial charge is 0.493 e. The number of methoxy groups -OCH3 is 2. The molecule has 8 nitrogen and oxygen atoms in total. The van der Waals surface area contributed by atoms with Crippen LogP contribution in [-0.4, -0.2) is 29.9 Å². The van der Waals surface area contributed by atoms with E-state index in [4.69, 9.17) is 9.47 Å². The van der Waals surface area contributed by atoms with Gasteiger partial charge in [-0.3, -0.25) is 9.59 Å². The SMILES string of the molecule is COc1ccc(-c2ccc(=O)n(CC(=O)Nc3ccc(Nc4ccccc4)cc3)n2)cc1OC. The van der Waals surface area contributed by atoms with Gasteiger partial charge in [0.25, 0.3) is 5.56 Å². The third-order valence-electron chi connectivity index (χ3n) is 5.07. The van der Waals surface area contributed by atoms with Gasteiger partial charge in [0.2, 0.25) is 5.91 Å². The summed E-state index contributed by atoms with van der Waals surface area (Å²) in [7, 11) is 3.10. The summed E-state index contributed by atoms with van der Waals surface area (Å²) in [5.41, 5.74) is 3.37. The van der Waals surface area contributed by atoms with Crippen LogP contribution in [0.4, 0.5) is 17.1 Å². The van der Waals surface area contributed by atoms with Gasteiger partial charge in [-0.25, -0.2) is 4.68 Å². The van der Waals surface area contributed by atoms with Gasteiger partial charge in [0.15, 0.2) is 11.5 Å². The first kappa shape index (κ1) is 22.6. The summed E-state index contributed by atoms with van der Waals surface area (Å²) in [6.07, 6.45) is 0. The van der Waals surface area contributed by atoms with Crippen molar-refractivity contribution < 1.29 is 14.3 Å². The second-order valence-corrected chi connectivity index (χ2v) is 7.40. The van der Waals surface area contributed by atoms with Crippen molar-refractivity contribution in [2.75, 3.05) is 24.9 Å². The molecule has 4 rings (SSSR count). The first-order valence-electron chi connectivity index (χ1n) is 10.6. The van der Waals surface area contributed by atoms with Gasteiger partial charge in [-0.2, -0.15) is 5.10 Å². The van der Waals surface area contributed by atoms with E-state index in [1.54, 1.807) is 44.6 Å². The molecule has 0 aliphatic rings. The zero-order valence-corrected chi connectivity index (χ0v) is 18.8. The second kappa shape index (κ2) is 10.4. The predicted octanol–water partition coefficient (Wildman–Crippen LogP) is 4.31. The van der Waals surface area contributed by atoms with Crippen LogP contribution < -0.4 is 25.7 Å². The number of benzene rings is 3. The van der Waals surface area contributed by atoms with Gasteiger partial charge in [0.1, 0.15) is 6.54 Å². The van der Waals surface area contributed by atoms with E-state index < -0.39 is 0 Å². The Morgan fingerprint density at radius 2 is 1.50 bits per heavy atom. The van der Waals surface area contributed by atoms with Crippen LogP contribution in [0.3, 0.4) is 0 Å². The second-order valence-electron chi connectivity index (χ2n) is 7.40. The van der Waals surface area contributed by atoms with Crippen molar-refractivity contribution in [3.8, 4) is 22.8 Å². The zero-order valence-electron chi connectivity index (χ0n) is 18.8. The third-order valence-corrected chi connectivity index (χ3v) is 5.07. The molecule has 0 radical (unpaired) electrons. The van der Waals surface area contributed by atoms with Crippen LogP contribution >= 0.6 is 0 Å². The minimum absolute atomic E-state index is 0.218. The number of anilines is 3. The van der Waals surface area contributed by atoms with Gasteiger partial charge >= 0.3 is 0 Å². The monoisotopic (exact) mass is 456 g/mol. The van der Waals surface area contributed by atoms with E-state index in [-0.39, 0.29) is 18.0 Å². The lowest BCUT2D eigenvalue weighted by Gasteiger charge is -2.11. The zero-order chi connectivity index (χ0) is 23.9. The number of carbonyl (C=O) groups excluding carboxylic acids is 1. The van der Waals surface area contributed by atoms with E-state index in [0.29, 0.717) is 22.9 Å². The van der Waals surface area contributed by atoms with Crippen molar-refractivity contribution in [3.05, 3.63) is 95.3 Å². The van der Waals surface area contributed by atoms with E-state index >= 15 is 0 Å². The number of ether oxygens (including phenoxy) is 2. The van der Waals surface area contributed by atoms with E-state index in [2.05, 4.69) is 15.7 Å². The summed E-state index contributed by atoms with van der Waals surface area (Å²) >= 11 is 0. The molecule has 0 bridgehead atoms. The number of hydrogen-bond acceptors (Lipinski definition) is 6. The fourth-order valence-corrected chi connectivity index (χ4v) is 3.37. The molecule has 0 saturated heterocycles. The third kappa shape index (κ3) is 5.42. The molecule has 0 saturated carbocycles. The van der Waals surface area contributed by atoms with Gasteiger partial charge in [0.05, 0.1) is 19.9 Å². The van der Waals surface area contributed by atoms with Gasteiger partial charge in [-0.1, -0.05) is 18.2 Å². The maximum Gasteiger partial charge on any atom is 0.267 e. The molecule has 0 atom stereocenters. The Morgan fingerprint density at radius 1 is 0.824 bits per heavy atom. The number of aromatic nitrogens is 2. The summed E-state index contributed by atoms with van der Waals surface area (Å²) in [6.45, 7) is -0.218. The number of nitrogens with one attached hydrogen (secondary N) is 2. The van der Waals surface area contributed by atoms with E-state index in [1.807, 2.05) is 48.5 Å². The fraction of sp³-hybridized carbons (Fsp3) is 0.115. The van der Waals surface area contributed by atoms with Crippen LogP contribution in [0.2, 0.25) is 0 Å². The minimum Gasteiger partial charge on any atom is -0.493 e. The molecular weight excluding hydrogens is 432 g/mol. The lowest BCUT2D eigenvalue weighted by atomic mass is 10.1. The lowest BCUT2D eigenvalue weighted by molar-refractivity contribution is -0.117. The van der Waals surface area contributed by atoms with Crippen molar-refractivity contribution in [2.45, 2.75) is 6.54 Å². The fourth-order valence-electron chi connectivity index (χ4n) is 3.37. The molecule has 0 aliphatic heterocycles. The minimum atomic E-state index is -0.373. The molecule has 0 unspecified atom stereocenters.